The summed E-state index contributed by atoms with van der Waals surface area (Å²) in [6, 6.07) is 5.95. The highest BCUT2D eigenvalue weighted by Crippen LogP contribution is 2.26. The third-order valence-electron chi connectivity index (χ3n) is 3.20. The van der Waals surface area contributed by atoms with Crippen LogP contribution in [0.4, 0.5) is 14.5 Å². The standard InChI is InChI=1S/C16H13F2N3O3S2/c17-15(18)26-12-3-1-10(2-4-12)19-13(22)9-24-14(23)7-11-8-21-5-6-25-16(21)20-11/h1-6,8,15H,7,9H2,(H,19,22). The van der Waals surface area contributed by atoms with Gasteiger partial charge in [-0.25, -0.2) is 4.98 Å². The molecule has 2 heterocycles. The lowest BCUT2D eigenvalue weighted by Gasteiger charge is -2.07. The normalized spacial score (nSPS) is 11.0. The van der Waals surface area contributed by atoms with Crippen LogP contribution < -0.4 is 5.32 Å². The van der Waals surface area contributed by atoms with Crippen LogP contribution in [-0.2, 0) is 20.7 Å². The Bertz CT molecular complexity index is 881. The maximum atomic E-state index is 12.2. The highest BCUT2D eigenvalue weighted by atomic mass is 32.2. The number of carbonyl (C=O) groups is 2. The molecule has 136 valence electrons. The first-order valence-corrected chi connectivity index (χ1v) is 9.17. The monoisotopic (exact) mass is 397 g/mol. The molecule has 0 bridgehead atoms. The van der Waals surface area contributed by atoms with Gasteiger partial charge in [0.15, 0.2) is 11.6 Å². The molecule has 0 aliphatic carbocycles. The Morgan fingerprint density at radius 1 is 1.31 bits per heavy atom. The van der Waals surface area contributed by atoms with Gasteiger partial charge in [0, 0.05) is 28.4 Å². The number of rotatable bonds is 7. The number of amides is 1. The number of hydrogen-bond acceptors (Lipinski definition) is 6. The fourth-order valence-electron chi connectivity index (χ4n) is 2.12. The zero-order valence-corrected chi connectivity index (χ0v) is 14.9. The molecule has 1 aromatic carbocycles. The number of ether oxygens (including phenoxy) is 1. The first-order chi connectivity index (χ1) is 12.5. The van der Waals surface area contributed by atoms with E-state index in [1.54, 1.807) is 10.6 Å². The van der Waals surface area contributed by atoms with Crippen LogP contribution in [0.25, 0.3) is 4.96 Å². The minimum atomic E-state index is -2.50. The molecule has 1 amide bonds. The summed E-state index contributed by atoms with van der Waals surface area (Å²) in [5, 5.41) is 4.41. The van der Waals surface area contributed by atoms with Crippen molar-refractivity contribution in [3.63, 3.8) is 0 Å². The van der Waals surface area contributed by atoms with E-state index in [2.05, 4.69) is 10.3 Å². The third-order valence-corrected chi connectivity index (χ3v) is 4.69. The molecule has 10 heteroatoms. The molecule has 0 aliphatic heterocycles. The molecule has 0 unspecified atom stereocenters. The van der Waals surface area contributed by atoms with Crippen molar-refractivity contribution in [1.82, 2.24) is 9.38 Å². The Morgan fingerprint density at radius 2 is 2.08 bits per heavy atom. The molecule has 0 aliphatic rings. The molecule has 26 heavy (non-hydrogen) atoms. The fraction of sp³-hybridized carbons (Fsp3) is 0.188. The Labute approximate surface area is 155 Å². The second kappa shape index (κ2) is 8.28. The molecule has 6 nitrogen and oxygen atoms in total. The van der Waals surface area contributed by atoms with Gasteiger partial charge >= 0.3 is 5.97 Å². The average molecular weight is 397 g/mol. The van der Waals surface area contributed by atoms with Gasteiger partial charge in [-0.05, 0) is 24.3 Å². The number of aromatic nitrogens is 2. The van der Waals surface area contributed by atoms with Gasteiger partial charge < -0.3 is 10.1 Å². The van der Waals surface area contributed by atoms with Gasteiger partial charge in [0.1, 0.15) is 0 Å². The quantitative estimate of drug-likeness (QED) is 0.488. The number of benzene rings is 1. The number of esters is 1. The summed E-state index contributed by atoms with van der Waals surface area (Å²) in [5.74, 6) is -3.58. The van der Waals surface area contributed by atoms with Crippen molar-refractivity contribution in [1.29, 1.82) is 0 Å². The number of anilines is 1. The number of nitrogens with zero attached hydrogens (tertiary/aromatic N) is 2. The van der Waals surface area contributed by atoms with Crippen LogP contribution in [0, 0.1) is 0 Å². The molecule has 3 rings (SSSR count). The maximum absolute atomic E-state index is 12.2. The zero-order valence-electron chi connectivity index (χ0n) is 13.2. The van der Waals surface area contributed by atoms with Crippen molar-refractivity contribution < 1.29 is 23.1 Å². The molecule has 3 aromatic rings. The summed E-state index contributed by atoms with van der Waals surface area (Å²) in [7, 11) is 0. The molecule has 1 N–H and O–H groups in total. The van der Waals surface area contributed by atoms with E-state index < -0.39 is 24.2 Å². The van der Waals surface area contributed by atoms with Crippen molar-refractivity contribution in [2.75, 3.05) is 11.9 Å². The van der Waals surface area contributed by atoms with Crippen LogP contribution in [0.2, 0.25) is 0 Å². The summed E-state index contributed by atoms with van der Waals surface area (Å²) in [6.07, 6.45) is 3.54. The van der Waals surface area contributed by atoms with Crippen LogP contribution in [0.1, 0.15) is 5.69 Å². The SMILES string of the molecule is O=C(COC(=O)Cc1cn2ccsc2n1)Nc1ccc(SC(F)F)cc1. The number of alkyl halides is 2. The van der Waals surface area contributed by atoms with Crippen molar-refractivity contribution in [2.45, 2.75) is 17.1 Å². The lowest BCUT2D eigenvalue weighted by atomic mass is 10.3. The molecule has 0 saturated heterocycles. The first kappa shape index (κ1) is 18.3. The number of carbonyl (C=O) groups excluding carboxylic acids is 2. The van der Waals surface area contributed by atoms with E-state index >= 15 is 0 Å². The molecular formula is C16H13F2N3O3S2. The molecule has 0 spiro atoms. The minimum Gasteiger partial charge on any atom is -0.455 e. The van der Waals surface area contributed by atoms with E-state index in [4.69, 9.17) is 4.74 Å². The van der Waals surface area contributed by atoms with E-state index in [0.29, 0.717) is 28.0 Å². The van der Waals surface area contributed by atoms with Gasteiger partial charge in [-0.15, -0.1) is 11.3 Å². The predicted molar refractivity (Wildman–Crippen MR) is 94.7 cm³/mol. The summed E-state index contributed by atoms with van der Waals surface area (Å²) in [4.78, 5) is 29.0. The highest BCUT2D eigenvalue weighted by molar-refractivity contribution is 7.99. The molecule has 0 saturated carbocycles. The molecular weight excluding hydrogens is 384 g/mol. The van der Waals surface area contributed by atoms with E-state index in [1.165, 1.54) is 35.6 Å². The fourth-order valence-corrected chi connectivity index (χ4v) is 3.34. The van der Waals surface area contributed by atoms with Crippen LogP contribution in [0.15, 0.2) is 46.9 Å². The highest BCUT2D eigenvalue weighted by Gasteiger charge is 2.12. The number of nitrogens with one attached hydrogen (secondary N) is 1. The van der Waals surface area contributed by atoms with Crippen LogP contribution in [0.3, 0.4) is 0 Å². The van der Waals surface area contributed by atoms with E-state index in [9.17, 15) is 18.4 Å². The molecule has 0 fully saturated rings. The van der Waals surface area contributed by atoms with Crippen molar-refractivity contribution >= 4 is 45.6 Å². The van der Waals surface area contributed by atoms with Crippen molar-refractivity contribution in [2.24, 2.45) is 0 Å². The Morgan fingerprint density at radius 3 is 2.77 bits per heavy atom. The summed E-state index contributed by atoms with van der Waals surface area (Å²) < 4.78 is 31.2. The van der Waals surface area contributed by atoms with Crippen molar-refractivity contribution in [3.05, 3.63) is 47.7 Å². The number of thioether (sulfide) groups is 1. The molecule has 2 aromatic heterocycles. The van der Waals surface area contributed by atoms with Gasteiger partial charge in [0.25, 0.3) is 11.7 Å². The van der Waals surface area contributed by atoms with Crippen molar-refractivity contribution in [3.8, 4) is 0 Å². The number of thiazole rings is 1. The predicted octanol–water partition coefficient (Wildman–Crippen LogP) is 3.43. The van der Waals surface area contributed by atoms with Gasteiger partial charge in [0.05, 0.1) is 12.1 Å². The molecule has 0 radical (unpaired) electrons. The van der Waals surface area contributed by atoms with E-state index in [1.807, 2.05) is 11.6 Å². The van der Waals surface area contributed by atoms with E-state index in [0.717, 1.165) is 4.96 Å². The van der Waals surface area contributed by atoms with Crippen LogP contribution >= 0.6 is 23.1 Å². The maximum Gasteiger partial charge on any atom is 0.312 e. The van der Waals surface area contributed by atoms with Gasteiger partial charge in [-0.2, -0.15) is 8.78 Å². The van der Waals surface area contributed by atoms with E-state index in [-0.39, 0.29) is 6.42 Å². The van der Waals surface area contributed by atoms with Crippen LogP contribution in [0.5, 0.6) is 0 Å². The topological polar surface area (TPSA) is 72.7 Å². The largest absolute Gasteiger partial charge is 0.455 e. The summed E-state index contributed by atoms with van der Waals surface area (Å²) in [5.41, 5.74) is 0.994. The van der Waals surface area contributed by atoms with Gasteiger partial charge in [-0.1, -0.05) is 11.8 Å². The Hall–Kier alpha value is -2.46. The average Bonchev–Trinajstić information content (AvgIpc) is 3.16. The summed E-state index contributed by atoms with van der Waals surface area (Å²) >= 11 is 1.87. The lowest BCUT2D eigenvalue weighted by Crippen LogP contribution is -2.21. The Kier molecular flexibility index (Phi) is 5.84. The lowest BCUT2D eigenvalue weighted by molar-refractivity contribution is -0.146. The number of fused-ring (bicyclic) bond motifs is 1. The third kappa shape index (κ3) is 5.02. The van der Waals surface area contributed by atoms with Gasteiger partial charge in [-0.3, -0.25) is 14.0 Å². The Balaban J connectivity index is 1.44. The summed E-state index contributed by atoms with van der Waals surface area (Å²) in [6.45, 7) is -0.436. The second-order valence-electron chi connectivity index (χ2n) is 5.11. The van der Waals surface area contributed by atoms with Crippen LogP contribution in [-0.4, -0.2) is 33.6 Å². The van der Waals surface area contributed by atoms with Gasteiger partial charge in [0.2, 0.25) is 0 Å². The smallest absolute Gasteiger partial charge is 0.312 e. The first-order valence-electron chi connectivity index (χ1n) is 7.41. The zero-order chi connectivity index (χ0) is 18.5. The number of imidazole rings is 1. The molecule has 0 atom stereocenters. The second-order valence-corrected chi connectivity index (χ2v) is 7.05. The minimum absolute atomic E-state index is 0.0266. The number of halogens is 2. The number of hydrogen-bond donors (Lipinski definition) is 1.